The molecule has 2 rings (SSSR count). The summed E-state index contributed by atoms with van der Waals surface area (Å²) in [6.45, 7) is 2.29. The molecule has 11 nitrogen and oxygen atoms in total. The van der Waals surface area contributed by atoms with Crippen molar-refractivity contribution in [3.05, 3.63) is 35.9 Å². The third kappa shape index (κ3) is 10.3. The van der Waals surface area contributed by atoms with Crippen molar-refractivity contribution >= 4 is 29.6 Å². The van der Waals surface area contributed by atoms with E-state index in [9.17, 15) is 19.2 Å². The van der Waals surface area contributed by atoms with Crippen molar-refractivity contribution in [1.82, 2.24) is 21.3 Å². The van der Waals surface area contributed by atoms with Crippen molar-refractivity contribution in [2.75, 3.05) is 19.6 Å². The number of rotatable bonds is 5. The molecule has 11 heteroatoms. The lowest BCUT2D eigenvalue weighted by Gasteiger charge is -2.22. The van der Waals surface area contributed by atoms with Crippen LogP contribution in [0.4, 0.5) is 0 Å². The summed E-state index contributed by atoms with van der Waals surface area (Å²) < 4.78 is 0. The highest BCUT2D eigenvalue weighted by molar-refractivity contribution is 5.93. The molecule has 0 aromatic heterocycles. The molecule has 1 heterocycles. The van der Waals surface area contributed by atoms with Gasteiger partial charge in [-0.15, -0.1) is 0 Å². The molecule has 0 saturated carbocycles. The number of aliphatic imine (C=N–C) groups is 1. The molecule has 0 bridgehead atoms. The van der Waals surface area contributed by atoms with Gasteiger partial charge in [0.1, 0.15) is 12.1 Å². The van der Waals surface area contributed by atoms with Crippen LogP contribution in [-0.4, -0.2) is 55.3 Å². The molecule has 3 unspecified atom stereocenters. The molecule has 8 N–H and O–H groups in total. The molecule has 3 atom stereocenters. The highest BCUT2D eigenvalue weighted by atomic mass is 16.2. The number of amides is 4. The van der Waals surface area contributed by atoms with E-state index in [1.54, 1.807) is 24.3 Å². The maximum Gasteiger partial charge on any atom is 0.247 e. The van der Waals surface area contributed by atoms with Gasteiger partial charge in [0.05, 0.1) is 6.54 Å². The number of nitrogens with one attached hydrogen (secondary N) is 4. The first-order chi connectivity index (χ1) is 17.3. The van der Waals surface area contributed by atoms with Crippen LogP contribution in [0, 0.1) is 5.92 Å². The van der Waals surface area contributed by atoms with Crippen molar-refractivity contribution < 1.29 is 19.2 Å². The second-order valence-corrected chi connectivity index (χ2v) is 9.03. The molecule has 1 saturated heterocycles. The van der Waals surface area contributed by atoms with Crippen LogP contribution in [-0.2, 0) is 19.2 Å². The van der Waals surface area contributed by atoms with Crippen LogP contribution < -0.4 is 32.7 Å². The molecule has 4 amide bonds. The van der Waals surface area contributed by atoms with E-state index in [4.69, 9.17) is 11.5 Å². The Morgan fingerprint density at radius 1 is 0.917 bits per heavy atom. The van der Waals surface area contributed by atoms with Gasteiger partial charge in [-0.3, -0.25) is 24.2 Å². The molecule has 1 aromatic rings. The number of nitrogens with zero attached hydrogens (tertiary/aromatic N) is 1. The summed E-state index contributed by atoms with van der Waals surface area (Å²) in [7, 11) is 0. The Labute approximate surface area is 212 Å². The van der Waals surface area contributed by atoms with Gasteiger partial charge in [0, 0.05) is 19.0 Å². The number of benzene rings is 1. The summed E-state index contributed by atoms with van der Waals surface area (Å²) in [4.78, 5) is 55.0. The fourth-order valence-electron chi connectivity index (χ4n) is 3.91. The Morgan fingerprint density at radius 3 is 2.36 bits per heavy atom. The normalized spacial score (nSPS) is 23.2. The summed E-state index contributed by atoms with van der Waals surface area (Å²) >= 11 is 0. The van der Waals surface area contributed by atoms with Crippen LogP contribution in [0.15, 0.2) is 35.3 Å². The van der Waals surface area contributed by atoms with Crippen molar-refractivity contribution in [1.29, 1.82) is 0 Å². The maximum absolute atomic E-state index is 12.9. The Kier molecular flexibility index (Phi) is 12.2. The average Bonchev–Trinajstić information content (AvgIpc) is 2.86. The van der Waals surface area contributed by atoms with Gasteiger partial charge in [0.2, 0.25) is 23.6 Å². The molecule has 1 aliphatic heterocycles. The van der Waals surface area contributed by atoms with Gasteiger partial charge in [-0.1, -0.05) is 56.5 Å². The van der Waals surface area contributed by atoms with Crippen LogP contribution >= 0.6 is 0 Å². The highest BCUT2D eigenvalue weighted by Crippen LogP contribution is 2.14. The summed E-state index contributed by atoms with van der Waals surface area (Å²) in [5.74, 6) is -1.83. The molecule has 1 fully saturated rings. The summed E-state index contributed by atoms with van der Waals surface area (Å²) in [5, 5.41) is 11.0. The van der Waals surface area contributed by atoms with E-state index < -0.39 is 23.9 Å². The fraction of sp³-hybridized carbons (Fsp3) is 0.560. The Balaban J connectivity index is 2.13. The quantitative estimate of drug-likeness (QED) is 0.191. The van der Waals surface area contributed by atoms with Gasteiger partial charge in [-0.25, -0.2) is 0 Å². The second-order valence-electron chi connectivity index (χ2n) is 9.03. The minimum atomic E-state index is -0.884. The smallest absolute Gasteiger partial charge is 0.247 e. The van der Waals surface area contributed by atoms with Crippen LogP contribution in [0.5, 0.6) is 0 Å². The topological polar surface area (TPSA) is 181 Å². The number of carbonyl (C=O) groups excluding carboxylic acids is 4. The third-order valence-electron chi connectivity index (χ3n) is 6.01. The zero-order chi connectivity index (χ0) is 26.3. The summed E-state index contributed by atoms with van der Waals surface area (Å²) in [5.41, 5.74) is 11.3. The van der Waals surface area contributed by atoms with Gasteiger partial charge in [-0.05, 0) is 31.2 Å². The zero-order valence-corrected chi connectivity index (χ0v) is 20.9. The van der Waals surface area contributed by atoms with E-state index in [1.807, 2.05) is 13.0 Å². The lowest BCUT2D eigenvalue weighted by molar-refractivity contribution is -0.132. The number of carbonyl (C=O) groups is 4. The number of hydrogen-bond acceptors (Lipinski definition) is 5. The predicted molar refractivity (Wildman–Crippen MR) is 137 cm³/mol. The minimum absolute atomic E-state index is 0.0458. The van der Waals surface area contributed by atoms with Crippen LogP contribution in [0.3, 0.4) is 0 Å². The van der Waals surface area contributed by atoms with E-state index in [2.05, 4.69) is 26.3 Å². The van der Waals surface area contributed by atoms with E-state index in [0.29, 0.717) is 37.9 Å². The molecular formula is C25H39N7O4. The maximum atomic E-state index is 12.9. The highest BCUT2D eigenvalue weighted by Gasteiger charge is 2.26. The van der Waals surface area contributed by atoms with Crippen molar-refractivity contribution in [2.24, 2.45) is 22.4 Å². The summed E-state index contributed by atoms with van der Waals surface area (Å²) in [6, 6.07) is 7.21. The molecule has 1 aromatic carbocycles. The van der Waals surface area contributed by atoms with Gasteiger partial charge in [0.25, 0.3) is 0 Å². The molecular weight excluding hydrogens is 462 g/mol. The second kappa shape index (κ2) is 15.4. The van der Waals surface area contributed by atoms with Gasteiger partial charge < -0.3 is 32.7 Å². The Hall–Kier alpha value is -3.63. The lowest BCUT2D eigenvalue weighted by atomic mass is 10.0. The average molecular weight is 502 g/mol. The molecule has 1 aliphatic rings. The molecule has 0 spiro atoms. The van der Waals surface area contributed by atoms with E-state index in [1.165, 1.54) is 0 Å². The van der Waals surface area contributed by atoms with E-state index in [-0.39, 0.29) is 30.2 Å². The minimum Gasteiger partial charge on any atom is -0.370 e. The summed E-state index contributed by atoms with van der Waals surface area (Å²) in [6.07, 6.45) is 4.97. The Bertz CT molecular complexity index is 903. The Morgan fingerprint density at radius 2 is 1.64 bits per heavy atom. The fourth-order valence-corrected chi connectivity index (χ4v) is 3.91. The van der Waals surface area contributed by atoms with E-state index in [0.717, 1.165) is 25.7 Å². The van der Waals surface area contributed by atoms with Gasteiger partial charge >= 0.3 is 0 Å². The molecule has 198 valence electrons. The SMILES string of the molecule is CC1CCCCCCNC(=O)C(c2ccccc2)NC(=O)CNC(=O)C(CCCN=C(N)N)NC1=O. The first-order valence-corrected chi connectivity index (χ1v) is 12.5. The van der Waals surface area contributed by atoms with Crippen molar-refractivity contribution in [3.8, 4) is 0 Å². The van der Waals surface area contributed by atoms with Crippen molar-refractivity contribution in [3.63, 3.8) is 0 Å². The number of nitrogens with two attached hydrogens (primary N) is 2. The molecule has 0 radical (unpaired) electrons. The largest absolute Gasteiger partial charge is 0.370 e. The number of guanidine groups is 1. The van der Waals surface area contributed by atoms with Gasteiger partial charge in [-0.2, -0.15) is 0 Å². The first kappa shape index (κ1) is 28.6. The van der Waals surface area contributed by atoms with Crippen LogP contribution in [0.25, 0.3) is 0 Å². The third-order valence-corrected chi connectivity index (χ3v) is 6.01. The zero-order valence-electron chi connectivity index (χ0n) is 20.9. The standard InChI is InChI=1S/C25H39N7O4/c1-17-10-5-2-3-8-14-28-24(36)21(18-11-6-4-7-12-18)32-20(33)16-30-23(35)19(31-22(17)34)13-9-15-29-25(26)27/h4,6-7,11-12,17,19,21H,2-3,5,8-10,13-16H2,1H3,(H,28,36)(H,30,35)(H,31,34)(H,32,33)(H4,26,27,29). The van der Waals surface area contributed by atoms with Crippen LogP contribution in [0.1, 0.15) is 63.5 Å². The lowest BCUT2D eigenvalue weighted by Crippen LogP contribution is -2.51. The monoisotopic (exact) mass is 501 g/mol. The van der Waals surface area contributed by atoms with Crippen LogP contribution in [0.2, 0.25) is 0 Å². The predicted octanol–water partition coefficient (Wildman–Crippen LogP) is 0.215. The van der Waals surface area contributed by atoms with Crippen molar-refractivity contribution in [2.45, 2.75) is 64.0 Å². The van der Waals surface area contributed by atoms with E-state index >= 15 is 0 Å². The molecule has 0 aliphatic carbocycles. The number of hydrogen-bond donors (Lipinski definition) is 6. The van der Waals surface area contributed by atoms with Gasteiger partial charge in [0.15, 0.2) is 5.96 Å². The molecule has 36 heavy (non-hydrogen) atoms. The first-order valence-electron chi connectivity index (χ1n) is 12.5.